The Bertz CT molecular complexity index is 710. The lowest BCUT2D eigenvalue weighted by Crippen LogP contribution is -2.08. The highest BCUT2D eigenvalue weighted by atomic mass is 35.5. The fourth-order valence-corrected chi connectivity index (χ4v) is 2.19. The molecule has 1 aromatic heterocycles. The molecule has 0 saturated heterocycles. The summed E-state index contributed by atoms with van der Waals surface area (Å²) in [5.74, 6) is 1.56. The number of nitrogen functional groups attached to an aromatic ring is 1. The molecule has 0 spiro atoms. The molecule has 0 radical (unpaired) electrons. The van der Waals surface area contributed by atoms with Crippen molar-refractivity contribution in [2.24, 2.45) is 5.10 Å². The van der Waals surface area contributed by atoms with E-state index < -0.39 is 0 Å². The molecule has 124 valence electrons. The smallest absolute Gasteiger partial charge is 0.221 e. The van der Waals surface area contributed by atoms with E-state index in [2.05, 4.69) is 10.1 Å². The number of ether oxygens (including phenoxy) is 2. The van der Waals surface area contributed by atoms with Crippen LogP contribution >= 0.6 is 11.6 Å². The second kappa shape index (κ2) is 7.37. The van der Waals surface area contributed by atoms with Crippen LogP contribution in [-0.4, -0.2) is 28.6 Å². The van der Waals surface area contributed by atoms with Gasteiger partial charge in [0.15, 0.2) is 11.5 Å². The molecule has 0 fully saturated rings. The van der Waals surface area contributed by atoms with Crippen molar-refractivity contribution >= 4 is 23.8 Å². The van der Waals surface area contributed by atoms with Crippen LogP contribution in [0.2, 0.25) is 5.02 Å². The van der Waals surface area contributed by atoms with Gasteiger partial charge in [0, 0.05) is 11.6 Å². The molecule has 0 aliphatic heterocycles. The molecule has 6 nitrogen and oxygen atoms in total. The van der Waals surface area contributed by atoms with Gasteiger partial charge in [0.25, 0.3) is 0 Å². The predicted molar refractivity (Wildman–Crippen MR) is 92.8 cm³/mol. The van der Waals surface area contributed by atoms with Gasteiger partial charge in [-0.1, -0.05) is 11.6 Å². The van der Waals surface area contributed by atoms with Crippen molar-refractivity contribution in [1.29, 1.82) is 0 Å². The highest BCUT2D eigenvalue weighted by Gasteiger charge is 2.11. The lowest BCUT2D eigenvalue weighted by atomic mass is 10.2. The molecular weight excluding hydrogens is 316 g/mol. The van der Waals surface area contributed by atoms with Gasteiger partial charge in [-0.3, -0.25) is 0 Å². The lowest BCUT2D eigenvalue weighted by molar-refractivity contribution is 0.224. The van der Waals surface area contributed by atoms with E-state index in [9.17, 15) is 0 Å². The number of hydrogen-bond acceptors (Lipinski definition) is 5. The molecule has 1 heterocycles. The average molecular weight is 337 g/mol. The summed E-state index contributed by atoms with van der Waals surface area (Å²) in [5.41, 5.74) is 7.26. The second-order valence-electron chi connectivity index (χ2n) is 5.25. The quantitative estimate of drug-likeness (QED) is 0.819. The fraction of sp³-hybridized carbons (Fsp3) is 0.375. The van der Waals surface area contributed by atoms with Crippen LogP contribution in [-0.2, 0) is 0 Å². The van der Waals surface area contributed by atoms with E-state index in [0.717, 1.165) is 5.69 Å². The van der Waals surface area contributed by atoms with Gasteiger partial charge in [0.2, 0.25) is 5.95 Å². The van der Waals surface area contributed by atoms with Crippen LogP contribution in [0.1, 0.15) is 32.0 Å². The summed E-state index contributed by atoms with van der Waals surface area (Å²) in [7, 11) is 0. The molecule has 0 atom stereocenters. The van der Waals surface area contributed by atoms with E-state index in [-0.39, 0.29) is 6.10 Å². The Morgan fingerprint density at radius 3 is 2.70 bits per heavy atom. The van der Waals surface area contributed by atoms with Gasteiger partial charge >= 0.3 is 0 Å². The summed E-state index contributed by atoms with van der Waals surface area (Å²) in [4.78, 5) is 4.09. The van der Waals surface area contributed by atoms with E-state index in [0.29, 0.717) is 34.6 Å². The van der Waals surface area contributed by atoms with Crippen LogP contribution in [0.15, 0.2) is 23.4 Å². The molecule has 0 aliphatic carbocycles. The molecular formula is C16H21ClN4O2. The molecule has 2 N–H and O–H groups in total. The molecule has 2 rings (SSSR count). The van der Waals surface area contributed by atoms with Crippen molar-refractivity contribution in [3.8, 4) is 11.5 Å². The number of halogens is 1. The zero-order valence-electron chi connectivity index (χ0n) is 13.7. The molecule has 1 aromatic carbocycles. The molecule has 23 heavy (non-hydrogen) atoms. The summed E-state index contributed by atoms with van der Waals surface area (Å²) < 4.78 is 12.8. The van der Waals surface area contributed by atoms with Crippen LogP contribution in [0.5, 0.6) is 11.5 Å². The number of aromatic nitrogens is 2. The summed E-state index contributed by atoms with van der Waals surface area (Å²) in [6, 6.07) is 3.53. The summed E-state index contributed by atoms with van der Waals surface area (Å²) in [6.45, 7) is 8.18. The van der Waals surface area contributed by atoms with E-state index in [1.165, 1.54) is 4.68 Å². The van der Waals surface area contributed by atoms with Crippen molar-refractivity contribution in [2.75, 3.05) is 12.3 Å². The summed E-state index contributed by atoms with van der Waals surface area (Å²) >= 11 is 6.31. The number of benzene rings is 1. The minimum atomic E-state index is 0.0264. The topological polar surface area (TPSA) is 74.7 Å². The van der Waals surface area contributed by atoms with Gasteiger partial charge < -0.3 is 15.2 Å². The Kier molecular flexibility index (Phi) is 5.50. The Balaban J connectivity index is 2.34. The van der Waals surface area contributed by atoms with Gasteiger partial charge in [0.1, 0.15) is 0 Å². The molecule has 2 aromatic rings. The molecule has 7 heteroatoms. The first-order valence-corrected chi connectivity index (χ1v) is 7.77. The Labute approximate surface area is 140 Å². The van der Waals surface area contributed by atoms with Gasteiger partial charge in [-0.05, 0) is 33.8 Å². The number of rotatable bonds is 6. The lowest BCUT2D eigenvalue weighted by Gasteiger charge is -2.15. The number of aryl methyl sites for hydroxylation is 1. The van der Waals surface area contributed by atoms with Gasteiger partial charge in [-0.15, -0.1) is 0 Å². The maximum Gasteiger partial charge on any atom is 0.221 e. The van der Waals surface area contributed by atoms with Crippen molar-refractivity contribution < 1.29 is 9.47 Å². The van der Waals surface area contributed by atoms with Crippen molar-refractivity contribution in [2.45, 2.75) is 33.8 Å². The van der Waals surface area contributed by atoms with E-state index in [1.54, 1.807) is 24.5 Å². The second-order valence-corrected chi connectivity index (χ2v) is 5.66. The van der Waals surface area contributed by atoms with Crippen LogP contribution in [0.25, 0.3) is 0 Å². The van der Waals surface area contributed by atoms with Crippen LogP contribution in [0.4, 0.5) is 5.95 Å². The van der Waals surface area contributed by atoms with Crippen molar-refractivity contribution in [3.05, 3.63) is 34.6 Å². The summed E-state index contributed by atoms with van der Waals surface area (Å²) in [5, 5.41) is 4.79. The highest BCUT2D eigenvalue weighted by molar-refractivity contribution is 6.33. The van der Waals surface area contributed by atoms with Gasteiger partial charge in [-0.25, -0.2) is 9.66 Å². The molecule has 0 saturated carbocycles. The standard InChI is InChI=1S/C16H21ClN4O2/c1-5-22-14-6-12(13(17)7-15(14)23-10(2)3)8-19-21-9-11(4)20-16(21)18/h6-10H,5H2,1-4H3,(H2,18,20). The molecule has 0 bridgehead atoms. The Hall–Kier alpha value is -2.21. The third-order valence-electron chi connectivity index (χ3n) is 2.88. The number of anilines is 1. The maximum absolute atomic E-state index is 6.31. The molecule has 0 unspecified atom stereocenters. The first-order chi connectivity index (χ1) is 10.9. The zero-order chi connectivity index (χ0) is 17.0. The number of nitrogens with two attached hydrogens (primary N) is 1. The van der Waals surface area contributed by atoms with Crippen molar-refractivity contribution in [1.82, 2.24) is 9.66 Å². The average Bonchev–Trinajstić information content (AvgIpc) is 2.78. The predicted octanol–water partition coefficient (Wildman–Crippen LogP) is 3.50. The first-order valence-electron chi connectivity index (χ1n) is 7.39. The third kappa shape index (κ3) is 4.39. The SMILES string of the molecule is CCOc1cc(C=Nn2cc(C)nc2N)c(Cl)cc1OC(C)C. The van der Waals surface area contributed by atoms with Crippen LogP contribution in [0, 0.1) is 6.92 Å². The third-order valence-corrected chi connectivity index (χ3v) is 3.21. The normalized spacial score (nSPS) is 11.4. The van der Waals surface area contributed by atoms with E-state index in [1.807, 2.05) is 27.7 Å². The number of imidazole rings is 1. The highest BCUT2D eigenvalue weighted by Crippen LogP contribution is 2.33. The molecule has 0 amide bonds. The minimum absolute atomic E-state index is 0.0264. The van der Waals surface area contributed by atoms with Gasteiger partial charge in [0.05, 0.1) is 35.8 Å². The van der Waals surface area contributed by atoms with E-state index in [4.69, 9.17) is 26.8 Å². The summed E-state index contributed by atoms with van der Waals surface area (Å²) in [6.07, 6.45) is 3.37. The van der Waals surface area contributed by atoms with Gasteiger partial charge in [-0.2, -0.15) is 5.10 Å². The zero-order valence-corrected chi connectivity index (χ0v) is 14.5. The minimum Gasteiger partial charge on any atom is -0.490 e. The Morgan fingerprint density at radius 1 is 1.39 bits per heavy atom. The molecule has 0 aliphatic rings. The largest absolute Gasteiger partial charge is 0.490 e. The van der Waals surface area contributed by atoms with E-state index >= 15 is 0 Å². The van der Waals surface area contributed by atoms with Crippen LogP contribution < -0.4 is 15.2 Å². The maximum atomic E-state index is 6.31. The monoisotopic (exact) mass is 336 g/mol. The Morgan fingerprint density at radius 2 is 2.13 bits per heavy atom. The number of nitrogens with zero attached hydrogens (tertiary/aromatic N) is 3. The first kappa shape index (κ1) is 17.1. The van der Waals surface area contributed by atoms with Crippen molar-refractivity contribution in [3.63, 3.8) is 0 Å². The number of hydrogen-bond donors (Lipinski definition) is 1. The van der Waals surface area contributed by atoms with Crippen LogP contribution in [0.3, 0.4) is 0 Å². The fourth-order valence-electron chi connectivity index (χ4n) is 1.98.